The number of halogens is 1. The molecule has 1 rings (SSSR count). The molecule has 0 radical (unpaired) electrons. The molecule has 0 spiro atoms. The molecular weight excluding hydrogens is 345 g/mol. The van der Waals surface area contributed by atoms with Crippen LogP contribution in [0.2, 0.25) is 0 Å². The van der Waals surface area contributed by atoms with Crippen LogP contribution in [0.25, 0.3) is 0 Å². The molecule has 0 unspecified atom stereocenters. The van der Waals surface area contributed by atoms with Gasteiger partial charge in [-0.25, -0.2) is 4.99 Å². The summed E-state index contributed by atoms with van der Waals surface area (Å²) in [5.74, 6) is 0.524. The maximum absolute atomic E-state index is 5.70. The van der Waals surface area contributed by atoms with Crippen LogP contribution in [-0.2, 0) is 6.54 Å². The van der Waals surface area contributed by atoms with Crippen molar-refractivity contribution < 1.29 is 0 Å². The van der Waals surface area contributed by atoms with Crippen LogP contribution < -0.4 is 11.1 Å². The summed E-state index contributed by atoms with van der Waals surface area (Å²) in [7, 11) is 0. The van der Waals surface area contributed by atoms with E-state index in [1.807, 2.05) is 0 Å². The molecule has 0 aliphatic carbocycles. The standard InChI is InChI=1S/C12H19N3S.HI/c1-3-8-14-12(13)15-9-10-4-6-11(16-2)7-5-10;/h4-7H,3,8-9H2,1-2H3,(H3,13,14,15);1H. The summed E-state index contributed by atoms with van der Waals surface area (Å²) in [5, 5.41) is 3.05. The maximum Gasteiger partial charge on any atom is 0.188 e. The fourth-order valence-electron chi connectivity index (χ4n) is 1.22. The molecule has 1 aromatic carbocycles. The van der Waals surface area contributed by atoms with Crippen LogP contribution in [0, 0.1) is 0 Å². The first-order chi connectivity index (χ1) is 7.76. The van der Waals surface area contributed by atoms with Gasteiger partial charge in [-0.1, -0.05) is 19.1 Å². The molecule has 0 fully saturated rings. The van der Waals surface area contributed by atoms with E-state index in [0.717, 1.165) is 13.0 Å². The summed E-state index contributed by atoms with van der Waals surface area (Å²) in [6, 6.07) is 8.38. The Kier molecular flexibility index (Phi) is 9.34. The van der Waals surface area contributed by atoms with Gasteiger partial charge < -0.3 is 11.1 Å². The summed E-state index contributed by atoms with van der Waals surface area (Å²) < 4.78 is 0. The summed E-state index contributed by atoms with van der Waals surface area (Å²) in [6.07, 6.45) is 3.12. The van der Waals surface area contributed by atoms with Crippen LogP contribution >= 0.6 is 35.7 Å². The minimum atomic E-state index is 0. The highest BCUT2D eigenvalue weighted by Crippen LogP contribution is 2.15. The lowest BCUT2D eigenvalue weighted by Crippen LogP contribution is -2.32. The highest BCUT2D eigenvalue weighted by atomic mass is 127. The maximum atomic E-state index is 5.70. The molecule has 1 aromatic rings. The Morgan fingerprint density at radius 2 is 2.00 bits per heavy atom. The SMILES string of the molecule is CCCNC(N)=NCc1ccc(SC)cc1.I. The number of benzene rings is 1. The van der Waals surface area contributed by atoms with Crippen LogP contribution in [0.3, 0.4) is 0 Å². The minimum absolute atomic E-state index is 0. The topological polar surface area (TPSA) is 50.4 Å². The Morgan fingerprint density at radius 3 is 2.53 bits per heavy atom. The fraction of sp³-hybridized carbons (Fsp3) is 0.417. The van der Waals surface area contributed by atoms with E-state index >= 15 is 0 Å². The minimum Gasteiger partial charge on any atom is -0.370 e. The van der Waals surface area contributed by atoms with Gasteiger partial charge in [0.15, 0.2) is 5.96 Å². The van der Waals surface area contributed by atoms with Gasteiger partial charge in [0.05, 0.1) is 6.54 Å². The number of thioether (sulfide) groups is 1. The predicted octanol–water partition coefficient (Wildman–Crippen LogP) is 2.84. The first-order valence-electron chi connectivity index (χ1n) is 5.43. The van der Waals surface area contributed by atoms with Crippen molar-refractivity contribution >= 4 is 41.7 Å². The molecule has 0 aliphatic rings. The third-order valence-corrected chi connectivity index (χ3v) is 2.89. The van der Waals surface area contributed by atoms with E-state index in [9.17, 15) is 0 Å². The monoisotopic (exact) mass is 365 g/mol. The number of hydrogen-bond acceptors (Lipinski definition) is 2. The van der Waals surface area contributed by atoms with Gasteiger partial charge in [-0.2, -0.15) is 0 Å². The largest absolute Gasteiger partial charge is 0.370 e. The van der Waals surface area contributed by atoms with E-state index in [1.165, 1.54) is 10.5 Å². The van der Waals surface area contributed by atoms with E-state index in [1.54, 1.807) is 11.8 Å². The van der Waals surface area contributed by atoms with Crippen molar-refractivity contribution in [3.63, 3.8) is 0 Å². The molecule has 0 saturated carbocycles. The number of nitrogens with two attached hydrogens (primary N) is 1. The van der Waals surface area contributed by atoms with Crippen LogP contribution in [-0.4, -0.2) is 18.8 Å². The Morgan fingerprint density at radius 1 is 1.35 bits per heavy atom. The van der Waals surface area contributed by atoms with Crippen LogP contribution in [0.1, 0.15) is 18.9 Å². The average Bonchev–Trinajstić information content (AvgIpc) is 2.34. The molecule has 17 heavy (non-hydrogen) atoms. The molecule has 0 atom stereocenters. The second kappa shape index (κ2) is 9.58. The molecule has 0 amide bonds. The van der Waals surface area contributed by atoms with Crippen molar-refractivity contribution in [2.24, 2.45) is 10.7 Å². The molecule has 5 heteroatoms. The summed E-state index contributed by atoms with van der Waals surface area (Å²) >= 11 is 1.74. The first-order valence-corrected chi connectivity index (χ1v) is 6.65. The Bertz CT molecular complexity index is 338. The van der Waals surface area contributed by atoms with Crippen LogP contribution in [0.4, 0.5) is 0 Å². The van der Waals surface area contributed by atoms with Gasteiger partial charge in [0.25, 0.3) is 0 Å². The third-order valence-electron chi connectivity index (χ3n) is 2.15. The van der Waals surface area contributed by atoms with Crippen molar-refractivity contribution in [3.8, 4) is 0 Å². The van der Waals surface area contributed by atoms with E-state index in [2.05, 4.69) is 47.8 Å². The molecule has 3 N–H and O–H groups in total. The Balaban J connectivity index is 0.00000256. The molecule has 0 bridgehead atoms. The van der Waals surface area contributed by atoms with Gasteiger partial charge in [-0.15, -0.1) is 35.7 Å². The molecular formula is C12H20IN3S. The van der Waals surface area contributed by atoms with Gasteiger partial charge >= 0.3 is 0 Å². The summed E-state index contributed by atoms with van der Waals surface area (Å²) in [6.45, 7) is 3.61. The van der Waals surface area contributed by atoms with Gasteiger partial charge in [0.1, 0.15) is 0 Å². The zero-order chi connectivity index (χ0) is 11.8. The number of nitrogens with zero attached hydrogens (tertiary/aromatic N) is 1. The summed E-state index contributed by atoms with van der Waals surface area (Å²) in [4.78, 5) is 5.53. The number of hydrogen-bond donors (Lipinski definition) is 2. The smallest absolute Gasteiger partial charge is 0.188 e. The van der Waals surface area contributed by atoms with Gasteiger partial charge in [-0.05, 0) is 30.4 Å². The lowest BCUT2D eigenvalue weighted by atomic mass is 10.2. The summed E-state index contributed by atoms with van der Waals surface area (Å²) in [5.41, 5.74) is 6.88. The molecule has 0 saturated heterocycles. The Labute approximate surface area is 125 Å². The second-order valence-electron chi connectivity index (χ2n) is 3.48. The number of rotatable bonds is 5. The van der Waals surface area contributed by atoms with E-state index in [0.29, 0.717) is 12.5 Å². The average molecular weight is 365 g/mol. The zero-order valence-electron chi connectivity index (χ0n) is 10.3. The third kappa shape index (κ3) is 6.78. The van der Waals surface area contributed by atoms with Crippen molar-refractivity contribution in [1.29, 1.82) is 0 Å². The first kappa shape index (κ1) is 16.6. The van der Waals surface area contributed by atoms with E-state index < -0.39 is 0 Å². The van der Waals surface area contributed by atoms with Crippen molar-refractivity contribution in [2.45, 2.75) is 24.8 Å². The van der Waals surface area contributed by atoms with Crippen molar-refractivity contribution in [1.82, 2.24) is 5.32 Å². The normalized spacial score (nSPS) is 10.8. The second-order valence-corrected chi connectivity index (χ2v) is 4.36. The van der Waals surface area contributed by atoms with E-state index in [4.69, 9.17) is 5.73 Å². The van der Waals surface area contributed by atoms with Gasteiger partial charge in [0.2, 0.25) is 0 Å². The molecule has 0 heterocycles. The number of guanidine groups is 1. The predicted molar refractivity (Wildman–Crippen MR) is 87.3 cm³/mol. The number of aliphatic imine (C=N–C) groups is 1. The van der Waals surface area contributed by atoms with E-state index in [-0.39, 0.29) is 24.0 Å². The lowest BCUT2D eigenvalue weighted by Gasteiger charge is -2.03. The number of nitrogens with one attached hydrogen (secondary N) is 1. The fourth-order valence-corrected chi connectivity index (χ4v) is 1.62. The van der Waals surface area contributed by atoms with Crippen molar-refractivity contribution in [3.05, 3.63) is 29.8 Å². The molecule has 0 aliphatic heterocycles. The van der Waals surface area contributed by atoms with Crippen LogP contribution in [0.15, 0.2) is 34.2 Å². The Hall–Kier alpha value is -0.430. The molecule has 3 nitrogen and oxygen atoms in total. The van der Waals surface area contributed by atoms with Crippen molar-refractivity contribution in [2.75, 3.05) is 12.8 Å². The molecule has 96 valence electrons. The quantitative estimate of drug-likeness (QED) is 0.365. The zero-order valence-corrected chi connectivity index (χ0v) is 13.4. The van der Waals surface area contributed by atoms with Crippen LogP contribution in [0.5, 0.6) is 0 Å². The van der Waals surface area contributed by atoms with Gasteiger partial charge in [-0.3, -0.25) is 0 Å². The lowest BCUT2D eigenvalue weighted by molar-refractivity contribution is 0.825. The molecule has 0 aromatic heterocycles. The van der Waals surface area contributed by atoms with Gasteiger partial charge in [0, 0.05) is 11.4 Å². The highest BCUT2D eigenvalue weighted by molar-refractivity contribution is 14.0. The highest BCUT2D eigenvalue weighted by Gasteiger charge is 1.94.